The third-order valence-corrected chi connectivity index (χ3v) is 3.02. The Morgan fingerprint density at radius 3 is 2.67 bits per heavy atom. The van der Waals surface area contributed by atoms with Crippen LogP contribution in [0.15, 0.2) is 24.3 Å². The van der Waals surface area contributed by atoms with E-state index in [1.54, 1.807) is 10.7 Å². The zero-order chi connectivity index (χ0) is 13.3. The number of benzene rings is 1. The average Bonchev–Trinajstić information content (AvgIpc) is 2.71. The van der Waals surface area contributed by atoms with Crippen molar-refractivity contribution >= 4 is 5.97 Å². The second-order valence-electron chi connectivity index (χ2n) is 4.32. The van der Waals surface area contributed by atoms with Crippen LogP contribution in [-0.2, 0) is 6.42 Å². The molecule has 4 nitrogen and oxygen atoms in total. The highest BCUT2D eigenvalue weighted by Gasteiger charge is 2.14. The zero-order valence-corrected chi connectivity index (χ0v) is 10.8. The molecule has 2 aromatic rings. The molecule has 0 fully saturated rings. The number of hydrogen-bond donors (Lipinski definition) is 1. The lowest BCUT2D eigenvalue weighted by atomic mass is 10.1. The number of rotatable bonds is 3. The van der Waals surface area contributed by atoms with Gasteiger partial charge in [0.15, 0.2) is 5.69 Å². The van der Waals surface area contributed by atoms with Crippen LogP contribution >= 0.6 is 0 Å². The van der Waals surface area contributed by atoms with Gasteiger partial charge < -0.3 is 5.11 Å². The molecule has 2 rings (SSSR count). The van der Waals surface area contributed by atoms with Crippen LogP contribution in [0.3, 0.4) is 0 Å². The van der Waals surface area contributed by atoms with Crippen molar-refractivity contribution in [2.75, 3.05) is 0 Å². The van der Waals surface area contributed by atoms with Gasteiger partial charge in [0, 0.05) is 5.69 Å². The maximum Gasteiger partial charge on any atom is 0.356 e. The molecule has 1 heterocycles. The molecule has 0 aliphatic heterocycles. The van der Waals surface area contributed by atoms with E-state index in [4.69, 9.17) is 5.11 Å². The van der Waals surface area contributed by atoms with Crippen LogP contribution in [0.4, 0.5) is 0 Å². The molecule has 0 saturated heterocycles. The summed E-state index contributed by atoms with van der Waals surface area (Å²) in [6, 6.07) is 7.66. The monoisotopic (exact) mass is 244 g/mol. The maximum absolute atomic E-state index is 11.0. The standard InChI is InChI=1S/C14H16N2O2/c1-4-11-7-5-6-9(2)13(11)16-10(3)8-12(15-16)14(17)18/h5-8H,4H2,1-3H3,(H,17,18). The Kier molecular flexibility index (Phi) is 3.19. The highest BCUT2D eigenvalue weighted by Crippen LogP contribution is 2.21. The van der Waals surface area contributed by atoms with E-state index in [0.29, 0.717) is 0 Å². The van der Waals surface area contributed by atoms with E-state index in [9.17, 15) is 4.79 Å². The fourth-order valence-electron chi connectivity index (χ4n) is 2.11. The lowest BCUT2D eigenvalue weighted by Crippen LogP contribution is -2.06. The summed E-state index contributed by atoms with van der Waals surface area (Å²) >= 11 is 0. The molecule has 1 aromatic carbocycles. The average molecular weight is 244 g/mol. The largest absolute Gasteiger partial charge is 0.476 e. The van der Waals surface area contributed by atoms with Crippen molar-refractivity contribution in [2.24, 2.45) is 0 Å². The molecular weight excluding hydrogens is 228 g/mol. The third-order valence-electron chi connectivity index (χ3n) is 3.02. The van der Waals surface area contributed by atoms with Crippen molar-refractivity contribution in [3.05, 3.63) is 46.8 Å². The second-order valence-corrected chi connectivity index (χ2v) is 4.32. The first-order valence-corrected chi connectivity index (χ1v) is 5.93. The number of aromatic carboxylic acids is 1. The third kappa shape index (κ3) is 2.01. The summed E-state index contributed by atoms with van der Waals surface area (Å²) < 4.78 is 1.72. The molecule has 1 aromatic heterocycles. The summed E-state index contributed by atoms with van der Waals surface area (Å²) in [5, 5.41) is 13.2. The lowest BCUT2D eigenvalue weighted by Gasteiger charge is -2.12. The molecule has 0 atom stereocenters. The van der Waals surface area contributed by atoms with Crippen LogP contribution in [0, 0.1) is 13.8 Å². The molecule has 1 N–H and O–H groups in total. The molecule has 0 bridgehead atoms. The molecule has 94 valence electrons. The lowest BCUT2D eigenvalue weighted by molar-refractivity contribution is 0.0690. The number of aromatic nitrogens is 2. The number of aryl methyl sites for hydroxylation is 3. The summed E-state index contributed by atoms with van der Waals surface area (Å²) in [7, 11) is 0. The van der Waals surface area contributed by atoms with Crippen molar-refractivity contribution in [2.45, 2.75) is 27.2 Å². The van der Waals surface area contributed by atoms with Gasteiger partial charge in [-0.1, -0.05) is 25.1 Å². The fraction of sp³-hybridized carbons (Fsp3) is 0.286. The molecule has 4 heteroatoms. The van der Waals surface area contributed by atoms with Crippen molar-refractivity contribution in [3.8, 4) is 5.69 Å². The summed E-state index contributed by atoms with van der Waals surface area (Å²) in [6.07, 6.45) is 0.888. The van der Waals surface area contributed by atoms with Gasteiger partial charge >= 0.3 is 5.97 Å². The van der Waals surface area contributed by atoms with E-state index in [0.717, 1.165) is 28.9 Å². The first-order valence-electron chi connectivity index (χ1n) is 5.93. The van der Waals surface area contributed by atoms with Crippen molar-refractivity contribution < 1.29 is 9.90 Å². The smallest absolute Gasteiger partial charge is 0.356 e. The normalized spacial score (nSPS) is 10.6. The molecule has 0 radical (unpaired) electrons. The van der Waals surface area contributed by atoms with Gasteiger partial charge in [0.05, 0.1) is 5.69 Å². The van der Waals surface area contributed by atoms with E-state index in [1.807, 2.05) is 32.0 Å². The SMILES string of the molecule is CCc1cccc(C)c1-n1nc(C(=O)O)cc1C. The Bertz CT molecular complexity index is 600. The van der Waals surface area contributed by atoms with Crippen LogP contribution in [0.1, 0.15) is 34.2 Å². The minimum absolute atomic E-state index is 0.0813. The summed E-state index contributed by atoms with van der Waals surface area (Å²) in [5.41, 5.74) is 4.16. The molecule has 18 heavy (non-hydrogen) atoms. The number of nitrogens with zero attached hydrogens (tertiary/aromatic N) is 2. The first-order chi connectivity index (χ1) is 8.54. The Balaban J connectivity index is 2.65. The summed E-state index contributed by atoms with van der Waals surface area (Å²) in [4.78, 5) is 11.0. The Morgan fingerprint density at radius 2 is 2.11 bits per heavy atom. The van der Waals surface area contributed by atoms with Crippen LogP contribution in [0.25, 0.3) is 5.69 Å². The first kappa shape index (κ1) is 12.4. The maximum atomic E-state index is 11.0. The van der Waals surface area contributed by atoms with Crippen molar-refractivity contribution in [3.63, 3.8) is 0 Å². The van der Waals surface area contributed by atoms with Gasteiger partial charge in [0.25, 0.3) is 0 Å². The number of carboxylic acid groups (broad SMARTS) is 1. The van der Waals surface area contributed by atoms with E-state index in [1.165, 1.54) is 0 Å². The molecule has 0 spiro atoms. The van der Waals surface area contributed by atoms with Gasteiger partial charge in [-0.15, -0.1) is 0 Å². The Labute approximate surface area is 106 Å². The molecule has 0 aliphatic carbocycles. The molecule has 0 saturated carbocycles. The Morgan fingerprint density at radius 1 is 1.39 bits per heavy atom. The van der Waals surface area contributed by atoms with Gasteiger partial charge in [0.2, 0.25) is 0 Å². The molecule has 0 aliphatic rings. The molecule has 0 amide bonds. The van der Waals surface area contributed by atoms with Crippen LogP contribution in [-0.4, -0.2) is 20.9 Å². The molecular formula is C14H16N2O2. The van der Waals surface area contributed by atoms with E-state index in [-0.39, 0.29) is 5.69 Å². The van der Waals surface area contributed by atoms with Gasteiger partial charge in [-0.3, -0.25) is 0 Å². The van der Waals surface area contributed by atoms with E-state index >= 15 is 0 Å². The second kappa shape index (κ2) is 4.64. The van der Waals surface area contributed by atoms with Crippen molar-refractivity contribution in [1.82, 2.24) is 9.78 Å². The fourth-order valence-corrected chi connectivity index (χ4v) is 2.11. The quantitative estimate of drug-likeness (QED) is 0.903. The van der Waals surface area contributed by atoms with Crippen LogP contribution in [0.5, 0.6) is 0 Å². The predicted molar refractivity (Wildman–Crippen MR) is 69.4 cm³/mol. The number of para-hydroxylation sites is 1. The van der Waals surface area contributed by atoms with Gasteiger partial charge in [-0.25, -0.2) is 9.48 Å². The van der Waals surface area contributed by atoms with E-state index < -0.39 is 5.97 Å². The van der Waals surface area contributed by atoms with Crippen molar-refractivity contribution in [1.29, 1.82) is 0 Å². The number of hydrogen-bond acceptors (Lipinski definition) is 2. The number of carbonyl (C=O) groups is 1. The number of carboxylic acids is 1. The minimum Gasteiger partial charge on any atom is -0.476 e. The highest BCUT2D eigenvalue weighted by atomic mass is 16.4. The topological polar surface area (TPSA) is 55.1 Å². The van der Waals surface area contributed by atoms with Gasteiger partial charge in [-0.05, 0) is 37.5 Å². The van der Waals surface area contributed by atoms with Crippen LogP contribution in [0.2, 0.25) is 0 Å². The van der Waals surface area contributed by atoms with Crippen LogP contribution < -0.4 is 0 Å². The highest BCUT2D eigenvalue weighted by molar-refractivity contribution is 5.85. The minimum atomic E-state index is -0.997. The molecule has 0 unspecified atom stereocenters. The Hall–Kier alpha value is -2.10. The van der Waals surface area contributed by atoms with Gasteiger partial charge in [-0.2, -0.15) is 5.10 Å². The zero-order valence-electron chi connectivity index (χ0n) is 10.8. The summed E-state index contributed by atoms with van der Waals surface area (Å²) in [6.45, 7) is 5.95. The van der Waals surface area contributed by atoms with E-state index in [2.05, 4.69) is 12.0 Å². The predicted octanol–water partition coefficient (Wildman–Crippen LogP) is 2.75. The van der Waals surface area contributed by atoms with Gasteiger partial charge in [0.1, 0.15) is 0 Å². The summed E-state index contributed by atoms with van der Waals surface area (Å²) in [5.74, 6) is -0.997.